The van der Waals surface area contributed by atoms with Gasteiger partial charge in [-0.3, -0.25) is 4.79 Å². The zero-order valence-electron chi connectivity index (χ0n) is 14.6. The number of hydrogen-bond acceptors (Lipinski definition) is 3. The van der Waals surface area contributed by atoms with E-state index in [0.717, 1.165) is 22.2 Å². The summed E-state index contributed by atoms with van der Waals surface area (Å²) in [7, 11) is 5.56. The number of rotatable bonds is 5. The number of amides is 1. The highest BCUT2D eigenvalue weighted by Crippen LogP contribution is 2.27. The molecule has 0 fully saturated rings. The minimum atomic E-state index is 0.0239. The normalized spacial score (nSPS) is 10.7. The molecule has 1 heterocycles. The Morgan fingerprint density at radius 3 is 2.40 bits per heavy atom. The molecule has 2 aromatic carbocycles. The molecule has 0 bridgehead atoms. The lowest BCUT2D eigenvalue weighted by Gasteiger charge is -2.10. The minimum Gasteiger partial charge on any atom is -0.345 e. The number of aromatic nitrogens is 2. The lowest BCUT2D eigenvalue weighted by molar-refractivity contribution is 0.0827. The molecular formula is C20H21N3OS. The Morgan fingerprint density at radius 2 is 1.76 bits per heavy atom. The summed E-state index contributed by atoms with van der Waals surface area (Å²) in [6.07, 6.45) is 1.91. The van der Waals surface area contributed by atoms with Crippen LogP contribution in [0.3, 0.4) is 0 Å². The topological polar surface area (TPSA) is 38.1 Å². The first kappa shape index (κ1) is 17.3. The molecule has 0 aliphatic heterocycles. The van der Waals surface area contributed by atoms with Crippen molar-refractivity contribution in [1.29, 1.82) is 0 Å². The highest BCUT2D eigenvalue weighted by Gasteiger charge is 2.10. The predicted octanol–water partition coefficient (Wildman–Crippen LogP) is 4.08. The highest BCUT2D eigenvalue weighted by atomic mass is 32.2. The predicted molar refractivity (Wildman–Crippen MR) is 103 cm³/mol. The van der Waals surface area contributed by atoms with Gasteiger partial charge in [0.1, 0.15) is 0 Å². The zero-order chi connectivity index (χ0) is 17.8. The van der Waals surface area contributed by atoms with Crippen molar-refractivity contribution in [2.24, 2.45) is 7.05 Å². The van der Waals surface area contributed by atoms with Crippen molar-refractivity contribution in [3.63, 3.8) is 0 Å². The van der Waals surface area contributed by atoms with Crippen LogP contribution in [-0.4, -0.2) is 34.5 Å². The summed E-state index contributed by atoms with van der Waals surface area (Å²) < 4.78 is 2.12. The monoisotopic (exact) mass is 351 g/mol. The van der Waals surface area contributed by atoms with Crippen LogP contribution >= 0.6 is 11.8 Å². The van der Waals surface area contributed by atoms with Crippen molar-refractivity contribution >= 4 is 17.7 Å². The Kier molecular flexibility index (Phi) is 5.24. The number of benzene rings is 2. The first-order valence-electron chi connectivity index (χ1n) is 8.07. The van der Waals surface area contributed by atoms with E-state index in [4.69, 9.17) is 0 Å². The average Bonchev–Trinajstić information content (AvgIpc) is 3.01. The maximum Gasteiger partial charge on any atom is 0.253 e. The Balaban J connectivity index is 1.68. The van der Waals surface area contributed by atoms with E-state index in [-0.39, 0.29) is 5.91 Å². The van der Waals surface area contributed by atoms with Crippen molar-refractivity contribution in [2.45, 2.75) is 10.9 Å². The van der Waals surface area contributed by atoms with Gasteiger partial charge >= 0.3 is 0 Å². The molecule has 3 rings (SSSR count). The third-order valence-corrected chi connectivity index (χ3v) is 5.11. The maximum atomic E-state index is 11.9. The van der Waals surface area contributed by atoms with Crippen LogP contribution in [0.2, 0.25) is 0 Å². The molecular weight excluding hydrogens is 330 g/mol. The molecule has 1 aromatic heterocycles. The number of carbonyl (C=O) groups is 1. The number of imidazole rings is 1. The van der Waals surface area contributed by atoms with Crippen molar-refractivity contribution in [3.05, 3.63) is 71.9 Å². The van der Waals surface area contributed by atoms with Crippen LogP contribution in [0.25, 0.3) is 11.3 Å². The highest BCUT2D eigenvalue weighted by molar-refractivity contribution is 7.98. The van der Waals surface area contributed by atoms with E-state index in [1.165, 1.54) is 5.56 Å². The van der Waals surface area contributed by atoms with Gasteiger partial charge in [-0.2, -0.15) is 0 Å². The van der Waals surface area contributed by atoms with Gasteiger partial charge in [0.25, 0.3) is 5.91 Å². The molecule has 0 N–H and O–H groups in total. The van der Waals surface area contributed by atoms with E-state index < -0.39 is 0 Å². The second-order valence-electron chi connectivity index (χ2n) is 6.04. The van der Waals surface area contributed by atoms with E-state index in [9.17, 15) is 4.79 Å². The molecule has 0 unspecified atom stereocenters. The molecule has 0 aliphatic rings. The van der Waals surface area contributed by atoms with Gasteiger partial charge in [0.15, 0.2) is 5.16 Å². The molecule has 5 heteroatoms. The Hall–Kier alpha value is -2.53. The van der Waals surface area contributed by atoms with Crippen LogP contribution in [0, 0.1) is 0 Å². The van der Waals surface area contributed by atoms with Gasteiger partial charge in [-0.1, -0.05) is 54.2 Å². The maximum absolute atomic E-state index is 11.9. The van der Waals surface area contributed by atoms with Crippen LogP contribution in [0.1, 0.15) is 15.9 Å². The zero-order valence-corrected chi connectivity index (χ0v) is 15.5. The van der Waals surface area contributed by atoms with E-state index in [0.29, 0.717) is 5.56 Å². The molecule has 0 aliphatic carbocycles. The fourth-order valence-electron chi connectivity index (χ4n) is 2.55. The lowest BCUT2D eigenvalue weighted by atomic mass is 10.1. The number of thioether (sulfide) groups is 1. The number of nitrogens with zero attached hydrogens (tertiary/aromatic N) is 3. The summed E-state index contributed by atoms with van der Waals surface area (Å²) in [4.78, 5) is 18.1. The first-order valence-corrected chi connectivity index (χ1v) is 9.05. The van der Waals surface area contributed by atoms with Crippen molar-refractivity contribution in [1.82, 2.24) is 14.5 Å². The first-order chi connectivity index (χ1) is 12.1. The van der Waals surface area contributed by atoms with Gasteiger partial charge in [-0.15, -0.1) is 0 Å². The minimum absolute atomic E-state index is 0.0239. The van der Waals surface area contributed by atoms with E-state index >= 15 is 0 Å². The summed E-state index contributed by atoms with van der Waals surface area (Å²) in [6.45, 7) is 0. The summed E-state index contributed by atoms with van der Waals surface area (Å²) in [6, 6.07) is 18.0. The Morgan fingerprint density at radius 1 is 1.08 bits per heavy atom. The van der Waals surface area contributed by atoms with Gasteiger partial charge in [-0.05, 0) is 23.3 Å². The summed E-state index contributed by atoms with van der Waals surface area (Å²) in [5, 5.41) is 0.979. The molecule has 4 nitrogen and oxygen atoms in total. The molecule has 25 heavy (non-hydrogen) atoms. The smallest absolute Gasteiger partial charge is 0.253 e. The fraction of sp³-hybridized carbons (Fsp3) is 0.200. The van der Waals surface area contributed by atoms with Crippen LogP contribution in [0.4, 0.5) is 0 Å². The number of hydrogen-bond donors (Lipinski definition) is 0. The molecule has 1 amide bonds. The second-order valence-corrected chi connectivity index (χ2v) is 6.98. The van der Waals surface area contributed by atoms with Gasteiger partial charge in [0.05, 0.1) is 11.9 Å². The standard InChI is InChI=1S/C20H21N3OS/c1-22(2)19(24)17-11-9-15(10-12-17)14-25-20-21-13-18(23(20)3)16-7-5-4-6-8-16/h4-13H,14H2,1-3H3. The molecule has 128 valence electrons. The molecule has 0 saturated heterocycles. The molecule has 0 saturated carbocycles. The Bertz CT molecular complexity index is 854. The van der Waals surface area contributed by atoms with Crippen molar-refractivity contribution in [3.8, 4) is 11.3 Å². The summed E-state index contributed by atoms with van der Waals surface area (Å²) in [5.41, 5.74) is 4.15. The molecule has 0 atom stereocenters. The van der Waals surface area contributed by atoms with Crippen LogP contribution < -0.4 is 0 Å². The fourth-order valence-corrected chi connectivity index (χ4v) is 3.46. The lowest BCUT2D eigenvalue weighted by Crippen LogP contribution is -2.21. The number of carbonyl (C=O) groups excluding carboxylic acids is 1. The van der Waals surface area contributed by atoms with Gasteiger partial charge < -0.3 is 9.47 Å². The van der Waals surface area contributed by atoms with Gasteiger partial charge in [0.2, 0.25) is 0 Å². The second kappa shape index (κ2) is 7.57. The molecule has 0 radical (unpaired) electrons. The SMILES string of the molecule is CN(C)C(=O)c1ccc(CSc2ncc(-c3ccccc3)n2C)cc1. The van der Waals surface area contributed by atoms with Gasteiger partial charge in [0, 0.05) is 32.5 Å². The van der Waals surface area contributed by atoms with Crippen LogP contribution in [0.15, 0.2) is 66.0 Å². The quantitative estimate of drug-likeness (QED) is 0.650. The van der Waals surface area contributed by atoms with E-state index in [1.807, 2.05) is 55.7 Å². The van der Waals surface area contributed by atoms with Crippen LogP contribution in [-0.2, 0) is 12.8 Å². The summed E-state index contributed by atoms with van der Waals surface area (Å²) >= 11 is 1.69. The van der Waals surface area contributed by atoms with E-state index in [2.05, 4.69) is 21.7 Å². The van der Waals surface area contributed by atoms with Gasteiger partial charge in [-0.25, -0.2) is 4.98 Å². The third-order valence-electron chi connectivity index (χ3n) is 3.99. The third kappa shape index (κ3) is 3.94. The average molecular weight is 351 g/mol. The van der Waals surface area contributed by atoms with Crippen molar-refractivity contribution < 1.29 is 4.79 Å². The molecule has 0 spiro atoms. The van der Waals surface area contributed by atoms with E-state index in [1.54, 1.807) is 30.8 Å². The summed E-state index contributed by atoms with van der Waals surface area (Å²) in [5.74, 6) is 0.839. The largest absolute Gasteiger partial charge is 0.345 e. The molecule has 3 aromatic rings. The Labute approximate surface area is 152 Å². The van der Waals surface area contributed by atoms with Crippen molar-refractivity contribution in [2.75, 3.05) is 14.1 Å². The van der Waals surface area contributed by atoms with Crippen LogP contribution in [0.5, 0.6) is 0 Å².